The lowest BCUT2D eigenvalue weighted by Gasteiger charge is -2.18. The van der Waals surface area contributed by atoms with Gasteiger partial charge in [-0.25, -0.2) is 19.0 Å². The first-order chi connectivity index (χ1) is 15.5. The van der Waals surface area contributed by atoms with Crippen molar-refractivity contribution in [1.29, 1.82) is 0 Å². The van der Waals surface area contributed by atoms with Crippen molar-refractivity contribution in [3.63, 3.8) is 0 Å². The number of aryl methyl sites for hydroxylation is 2. The SMILES string of the molecule is CNc1ncnc2c1c(-c1ccc3c(c1)CCN3C(=O)Cc1cc(C)ccc1F)nn2C. The van der Waals surface area contributed by atoms with Crippen LogP contribution in [0.1, 0.15) is 16.7 Å². The fraction of sp³-hybridized carbons (Fsp3) is 0.250. The van der Waals surface area contributed by atoms with E-state index in [1.807, 2.05) is 33.2 Å². The Hall–Kier alpha value is -3.81. The molecule has 0 radical (unpaired) electrons. The highest BCUT2D eigenvalue weighted by molar-refractivity contribution is 6.00. The second-order valence-corrected chi connectivity index (χ2v) is 8.05. The Morgan fingerprint density at radius 1 is 1.19 bits per heavy atom. The molecule has 0 fully saturated rings. The highest BCUT2D eigenvalue weighted by Gasteiger charge is 2.26. The number of hydrogen-bond acceptors (Lipinski definition) is 5. The Morgan fingerprint density at radius 3 is 2.84 bits per heavy atom. The van der Waals surface area contributed by atoms with Crippen LogP contribution in [0.3, 0.4) is 0 Å². The van der Waals surface area contributed by atoms with Crippen LogP contribution in [-0.4, -0.2) is 39.2 Å². The van der Waals surface area contributed by atoms with E-state index in [0.29, 0.717) is 12.1 Å². The van der Waals surface area contributed by atoms with Gasteiger partial charge >= 0.3 is 0 Å². The molecule has 1 aliphatic rings. The quantitative estimate of drug-likeness (QED) is 0.535. The molecule has 8 heteroatoms. The second kappa shape index (κ2) is 7.71. The summed E-state index contributed by atoms with van der Waals surface area (Å²) in [6.45, 7) is 2.48. The Labute approximate surface area is 184 Å². The highest BCUT2D eigenvalue weighted by Crippen LogP contribution is 2.36. The number of amides is 1. The zero-order valence-corrected chi connectivity index (χ0v) is 18.2. The zero-order valence-electron chi connectivity index (χ0n) is 18.2. The van der Waals surface area contributed by atoms with Crippen molar-refractivity contribution in [3.05, 3.63) is 65.2 Å². The smallest absolute Gasteiger partial charge is 0.231 e. The molecular formula is C24H23FN6O. The minimum absolute atomic E-state index is 0.0441. The van der Waals surface area contributed by atoms with Crippen molar-refractivity contribution in [1.82, 2.24) is 19.7 Å². The summed E-state index contributed by atoms with van der Waals surface area (Å²) >= 11 is 0. The van der Waals surface area contributed by atoms with E-state index in [1.54, 1.807) is 21.7 Å². The van der Waals surface area contributed by atoms with E-state index in [0.717, 1.165) is 51.3 Å². The summed E-state index contributed by atoms with van der Waals surface area (Å²) in [5.74, 6) is 0.272. The number of anilines is 2. The standard InChI is InChI=1S/C24H23FN6O/c1-14-4-6-18(25)17(10-14)12-20(32)31-9-8-15-11-16(5-7-19(15)31)22-21-23(26-2)27-13-28-24(21)30(3)29-22/h4-7,10-11,13H,8-9,12H2,1-3H3,(H,26,27,28). The molecular weight excluding hydrogens is 407 g/mol. The van der Waals surface area contributed by atoms with Crippen molar-refractivity contribution < 1.29 is 9.18 Å². The normalized spacial score (nSPS) is 12.9. The van der Waals surface area contributed by atoms with Crippen molar-refractivity contribution in [2.45, 2.75) is 19.8 Å². The van der Waals surface area contributed by atoms with Crippen LogP contribution < -0.4 is 10.2 Å². The molecule has 162 valence electrons. The Balaban J connectivity index is 1.48. The summed E-state index contributed by atoms with van der Waals surface area (Å²) in [5.41, 5.74) is 5.80. The van der Waals surface area contributed by atoms with Crippen LogP contribution in [-0.2, 0) is 24.7 Å². The van der Waals surface area contributed by atoms with Gasteiger partial charge in [0.15, 0.2) is 5.65 Å². The van der Waals surface area contributed by atoms with Gasteiger partial charge in [0.05, 0.1) is 11.8 Å². The average molecular weight is 430 g/mol. The van der Waals surface area contributed by atoms with Crippen LogP contribution in [0.5, 0.6) is 0 Å². The van der Waals surface area contributed by atoms with Crippen molar-refractivity contribution in [2.24, 2.45) is 7.05 Å². The third-order valence-corrected chi connectivity index (χ3v) is 5.95. The Morgan fingerprint density at radius 2 is 2.03 bits per heavy atom. The van der Waals surface area contributed by atoms with Crippen molar-refractivity contribution in [2.75, 3.05) is 23.8 Å². The molecule has 5 rings (SSSR count). The number of aromatic nitrogens is 4. The summed E-state index contributed by atoms with van der Waals surface area (Å²) in [5, 5.41) is 8.64. The molecule has 2 aromatic heterocycles. The molecule has 0 saturated carbocycles. The van der Waals surface area contributed by atoms with Crippen LogP contribution >= 0.6 is 0 Å². The molecule has 7 nitrogen and oxygen atoms in total. The molecule has 0 bridgehead atoms. The number of carbonyl (C=O) groups is 1. The topological polar surface area (TPSA) is 75.9 Å². The fourth-order valence-corrected chi connectivity index (χ4v) is 4.38. The fourth-order valence-electron chi connectivity index (χ4n) is 4.38. The summed E-state index contributed by atoms with van der Waals surface area (Å²) in [6, 6.07) is 10.9. The van der Waals surface area contributed by atoms with Crippen LogP contribution in [0.15, 0.2) is 42.7 Å². The predicted molar refractivity (Wildman–Crippen MR) is 122 cm³/mol. The van der Waals surface area contributed by atoms with E-state index in [1.165, 1.54) is 12.4 Å². The maximum Gasteiger partial charge on any atom is 0.231 e. The molecule has 1 N–H and O–H groups in total. The van der Waals surface area contributed by atoms with E-state index < -0.39 is 0 Å². The van der Waals surface area contributed by atoms with Gasteiger partial charge < -0.3 is 10.2 Å². The summed E-state index contributed by atoms with van der Waals surface area (Å²) in [6.07, 6.45) is 2.30. The Kier molecular flexibility index (Phi) is 4.84. The molecule has 32 heavy (non-hydrogen) atoms. The predicted octanol–water partition coefficient (Wildman–Crippen LogP) is 3.65. The van der Waals surface area contributed by atoms with Crippen LogP contribution in [0.25, 0.3) is 22.3 Å². The molecule has 0 atom stereocenters. The monoisotopic (exact) mass is 430 g/mol. The lowest BCUT2D eigenvalue weighted by Crippen LogP contribution is -2.30. The van der Waals surface area contributed by atoms with E-state index in [-0.39, 0.29) is 18.1 Å². The summed E-state index contributed by atoms with van der Waals surface area (Å²) in [4.78, 5) is 23.4. The number of carbonyl (C=O) groups excluding carboxylic acids is 1. The lowest BCUT2D eigenvalue weighted by atomic mass is 10.0. The van der Waals surface area contributed by atoms with Gasteiger partial charge in [0.1, 0.15) is 23.7 Å². The lowest BCUT2D eigenvalue weighted by molar-refractivity contribution is -0.117. The molecule has 0 aliphatic carbocycles. The molecule has 2 aromatic carbocycles. The number of benzene rings is 2. The number of nitrogens with one attached hydrogen (secondary N) is 1. The minimum atomic E-state index is -0.344. The van der Waals surface area contributed by atoms with Gasteiger partial charge in [0, 0.05) is 31.9 Å². The highest BCUT2D eigenvalue weighted by atomic mass is 19.1. The minimum Gasteiger partial charge on any atom is -0.372 e. The van der Waals surface area contributed by atoms with Gasteiger partial charge in [-0.2, -0.15) is 5.10 Å². The molecule has 3 heterocycles. The number of nitrogens with zero attached hydrogens (tertiary/aromatic N) is 5. The molecule has 1 aliphatic heterocycles. The van der Waals surface area contributed by atoms with Gasteiger partial charge in [0.25, 0.3) is 0 Å². The van der Waals surface area contributed by atoms with Gasteiger partial charge in [-0.3, -0.25) is 4.79 Å². The van der Waals surface area contributed by atoms with E-state index in [4.69, 9.17) is 0 Å². The van der Waals surface area contributed by atoms with Crippen LogP contribution in [0, 0.1) is 12.7 Å². The number of hydrogen-bond donors (Lipinski definition) is 1. The number of rotatable bonds is 4. The third-order valence-electron chi connectivity index (χ3n) is 5.95. The van der Waals surface area contributed by atoms with Crippen LogP contribution in [0.2, 0.25) is 0 Å². The second-order valence-electron chi connectivity index (χ2n) is 8.05. The van der Waals surface area contributed by atoms with Gasteiger partial charge in [-0.15, -0.1) is 0 Å². The van der Waals surface area contributed by atoms with Gasteiger partial charge in [-0.05, 0) is 42.7 Å². The van der Waals surface area contributed by atoms with Gasteiger partial charge in [-0.1, -0.05) is 23.8 Å². The molecule has 1 amide bonds. The van der Waals surface area contributed by atoms with Crippen LogP contribution in [0.4, 0.5) is 15.9 Å². The van der Waals surface area contributed by atoms with Gasteiger partial charge in [0.2, 0.25) is 5.91 Å². The van der Waals surface area contributed by atoms with Crippen molar-refractivity contribution >= 4 is 28.4 Å². The first-order valence-electron chi connectivity index (χ1n) is 10.5. The maximum absolute atomic E-state index is 14.1. The zero-order chi connectivity index (χ0) is 22.4. The number of halogens is 1. The van der Waals surface area contributed by atoms with E-state index in [9.17, 15) is 9.18 Å². The summed E-state index contributed by atoms with van der Waals surface area (Å²) < 4.78 is 15.9. The maximum atomic E-state index is 14.1. The Bertz CT molecular complexity index is 1360. The number of fused-ring (bicyclic) bond motifs is 2. The average Bonchev–Trinajstić information content (AvgIpc) is 3.37. The summed E-state index contributed by atoms with van der Waals surface area (Å²) in [7, 11) is 3.68. The van der Waals surface area contributed by atoms with Crippen molar-refractivity contribution in [3.8, 4) is 11.3 Å². The van der Waals surface area contributed by atoms with E-state index in [2.05, 4.69) is 26.4 Å². The molecule has 0 spiro atoms. The molecule has 0 unspecified atom stereocenters. The first-order valence-corrected chi connectivity index (χ1v) is 10.5. The largest absolute Gasteiger partial charge is 0.372 e. The third kappa shape index (κ3) is 3.28. The van der Waals surface area contributed by atoms with E-state index >= 15 is 0 Å². The molecule has 4 aromatic rings. The first kappa shape index (κ1) is 20.1. The molecule has 0 saturated heterocycles.